The van der Waals surface area contributed by atoms with Crippen LogP contribution < -0.4 is 4.74 Å². The summed E-state index contributed by atoms with van der Waals surface area (Å²) in [7, 11) is 0. The zero-order valence-electron chi connectivity index (χ0n) is 10.3. The van der Waals surface area contributed by atoms with Crippen LogP contribution in [0, 0.1) is 5.92 Å². The number of hydrogen-bond donors (Lipinski definition) is 0. The van der Waals surface area contributed by atoms with Gasteiger partial charge in [-0.1, -0.05) is 22.9 Å². The summed E-state index contributed by atoms with van der Waals surface area (Å²) in [5, 5.41) is 0.242. The molecule has 1 aromatic rings. The van der Waals surface area contributed by atoms with Crippen LogP contribution in [-0.4, -0.2) is 12.0 Å². The third kappa shape index (κ3) is 3.38. The topological polar surface area (TPSA) is 9.23 Å². The lowest BCUT2D eigenvalue weighted by Crippen LogP contribution is -2.06. The van der Waals surface area contributed by atoms with Gasteiger partial charge in [0.15, 0.2) is 0 Å². The molecular weight excluding hydrogens is 300 g/mol. The Hall–Kier alpha value is -0.210. The molecule has 2 atom stereocenters. The first kappa shape index (κ1) is 13.2. The molecule has 94 valence electrons. The highest BCUT2D eigenvalue weighted by Gasteiger charge is 2.19. The molecule has 0 spiro atoms. The van der Waals surface area contributed by atoms with Crippen molar-refractivity contribution in [2.75, 3.05) is 6.61 Å². The lowest BCUT2D eigenvalue weighted by Gasteiger charge is -2.15. The summed E-state index contributed by atoms with van der Waals surface area (Å²) < 4.78 is 6.89. The number of ether oxygens (including phenoxy) is 1. The molecule has 2 rings (SSSR count). The quantitative estimate of drug-likeness (QED) is 0.739. The van der Waals surface area contributed by atoms with Gasteiger partial charge in [-0.3, -0.25) is 0 Å². The minimum Gasteiger partial charge on any atom is -0.493 e. The molecule has 0 amide bonds. The maximum atomic E-state index is 6.05. The highest BCUT2D eigenvalue weighted by Crippen LogP contribution is 2.34. The van der Waals surface area contributed by atoms with Crippen molar-refractivity contribution in [1.29, 1.82) is 0 Å². The Balaban J connectivity index is 2.15. The molecule has 0 fully saturated rings. The fourth-order valence-electron chi connectivity index (χ4n) is 2.51. The van der Waals surface area contributed by atoms with Crippen molar-refractivity contribution in [3.8, 4) is 5.75 Å². The second-order valence-corrected chi connectivity index (χ2v) is 6.64. The summed E-state index contributed by atoms with van der Waals surface area (Å²) in [5.41, 5.74) is 2.65. The van der Waals surface area contributed by atoms with Crippen LogP contribution in [0.3, 0.4) is 0 Å². The van der Waals surface area contributed by atoms with Gasteiger partial charge in [-0.05, 0) is 48.9 Å². The van der Waals surface area contributed by atoms with Gasteiger partial charge in [-0.25, -0.2) is 0 Å². The summed E-state index contributed by atoms with van der Waals surface area (Å²) in [5.74, 6) is 1.70. The van der Waals surface area contributed by atoms with E-state index in [-0.39, 0.29) is 5.38 Å². The predicted molar refractivity (Wildman–Crippen MR) is 76.1 cm³/mol. The van der Waals surface area contributed by atoms with Crippen LogP contribution in [-0.2, 0) is 12.8 Å². The molecule has 0 bridgehead atoms. The highest BCUT2D eigenvalue weighted by atomic mass is 79.9. The molecule has 1 nitrogen and oxygen atoms in total. The normalized spacial score (nSPS) is 17.4. The molecule has 1 heterocycles. The van der Waals surface area contributed by atoms with Gasteiger partial charge in [0.2, 0.25) is 0 Å². The van der Waals surface area contributed by atoms with Gasteiger partial charge in [0.05, 0.1) is 6.61 Å². The smallest absolute Gasteiger partial charge is 0.125 e. The van der Waals surface area contributed by atoms with Gasteiger partial charge in [0.25, 0.3) is 0 Å². The van der Waals surface area contributed by atoms with Crippen molar-refractivity contribution in [2.24, 2.45) is 5.92 Å². The van der Waals surface area contributed by atoms with Gasteiger partial charge in [-0.2, -0.15) is 0 Å². The van der Waals surface area contributed by atoms with Crippen molar-refractivity contribution in [1.82, 2.24) is 0 Å². The standard InChI is InChI=1S/C14H18BrClO/c1-9(5-10(2)16)6-12-8-13(15)7-11-3-4-17-14(11)12/h7-10H,3-6H2,1-2H3. The number of benzene rings is 1. The van der Waals surface area contributed by atoms with E-state index in [0.29, 0.717) is 5.92 Å². The number of fused-ring (bicyclic) bond motifs is 1. The highest BCUT2D eigenvalue weighted by molar-refractivity contribution is 9.10. The zero-order chi connectivity index (χ0) is 12.4. The summed E-state index contributed by atoms with van der Waals surface area (Å²) >= 11 is 9.62. The fourth-order valence-corrected chi connectivity index (χ4v) is 3.37. The van der Waals surface area contributed by atoms with Gasteiger partial charge in [0, 0.05) is 16.3 Å². The van der Waals surface area contributed by atoms with Crippen LogP contribution in [0.4, 0.5) is 0 Å². The number of hydrogen-bond acceptors (Lipinski definition) is 1. The molecule has 0 aromatic heterocycles. The van der Waals surface area contributed by atoms with Gasteiger partial charge < -0.3 is 4.74 Å². The summed E-state index contributed by atoms with van der Waals surface area (Å²) in [6.07, 6.45) is 3.11. The number of halogens is 2. The lowest BCUT2D eigenvalue weighted by atomic mass is 9.95. The van der Waals surface area contributed by atoms with Crippen molar-refractivity contribution in [3.05, 3.63) is 27.7 Å². The van der Waals surface area contributed by atoms with E-state index in [1.165, 1.54) is 11.1 Å². The average molecular weight is 318 g/mol. The minimum atomic E-state index is 0.242. The zero-order valence-corrected chi connectivity index (χ0v) is 12.6. The van der Waals surface area contributed by atoms with Crippen molar-refractivity contribution >= 4 is 27.5 Å². The van der Waals surface area contributed by atoms with Crippen LogP contribution in [0.5, 0.6) is 5.75 Å². The van der Waals surface area contributed by atoms with Gasteiger partial charge in [-0.15, -0.1) is 11.6 Å². The van der Waals surface area contributed by atoms with Crippen LogP contribution in [0.1, 0.15) is 31.4 Å². The van der Waals surface area contributed by atoms with Crippen LogP contribution >= 0.6 is 27.5 Å². The predicted octanol–water partition coefficient (Wildman–Crippen LogP) is 4.58. The summed E-state index contributed by atoms with van der Waals surface area (Å²) in [4.78, 5) is 0. The Labute approximate surface area is 117 Å². The molecule has 0 saturated heterocycles. The molecule has 0 radical (unpaired) electrons. The van der Waals surface area contributed by atoms with E-state index < -0.39 is 0 Å². The van der Waals surface area contributed by atoms with E-state index >= 15 is 0 Å². The van der Waals surface area contributed by atoms with Crippen LogP contribution in [0.2, 0.25) is 0 Å². The van der Waals surface area contributed by atoms with E-state index in [9.17, 15) is 0 Å². The van der Waals surface area contributed by atoms with Gasteiger partial charge >= 0.3 is 0 Å². The van der Waals surface area contributed by atoms with Crippen molar-refractivity contribution in [2.45, 2.75) is 38.5 Å². The molecule has 2 unspecified atom stereocenters. The van der Waals surface area contributed by atoms with E-state index in [4.69, 9.17) is 16.3 Å². The number of alkyl halides is 1. The molecule has 1 aliphatic rings. The largest absolute Gasteiger partial charge is 0.493 e. The van der Waals surface area contributed by atoms with E-state index in [0.717, 1.165) is 36.1 Å². The maximum absolute atomic E-state index is 6.05. The molecule has 0 N–H and O–H groups in total. The Kier molecular flexibility index (Phi) is 4.37. The number of rotatable bonds is 4. The third-order valence-electron chi connectivity index (χ3n) is 3.12. The van der Waals surface area contributed by atoms with Crippen molar-refractivity contribution < 1.29 is 4.74 Å². The first-order valence-corrected chi connectivity index (χ1v) is 7.37. The second-order valence-electron chi connectivity index (χ2n) is 4.98. The molecular formula is C14H18BrClO. The van der Waals surface area contributed by atoms with Crippen LogP contribution in [0.15, 0.2) is 16.6 Å². The Bertz CT molecular complexity index is 403. The Morgan fingerprint density at radius 3 is 2.88 bits per heavy atom. The second kappa shape index (κ2) is 5.62. The minimum absolute atomic E-state index is 0.242. The van der Waals surface area contributed by atoms with E-state index in [1.807, 2.05) is 0 Å². The fraction of sp³-hybridized carbons (Fsp3) is 0.571. The Morgan fingerprint density at radius 2 is 2.18 bits per heavy atom. The SMILES string of the molecule is CC(Cl)CC(C)Cc1cc(Br)cc2c1OCC2. The summed E-state index contributed by atoms with van der Waals surface area (Å²) in [6, 6.07) is 4.35. The monoisotopic (exact) mass is 316 g/mol. The molecule has 0 saturated carbocycles. The first-order valence-electron chi connectivity index (χ1n) is 6.14. The van der Waals surface area contributed by atoms with Crippen LogP contribution in [0.25, 0.3) is 0 Å². The van der Waals surface area contributed by atoms with E-state index in [1.54, 1.807) is 0 Å². The van der Waals surface area contributed by atoms with Crippen molar-refractivity contribution in [3.63, 3.8) is 0 Å². The third-order valence-corrected chi connectivity index (χ3v) is 3.76. The maximum Gasteiger partial charge on any atom is 0.125 e. The van der Waals surface area contributed by atoms with Gasteiger partial charge in [0.1, 0.15) is 5.75 Å². The molecule has 1 aliphatic heterocycles. The average Bonchev–Trinajstić information content (AvgIpc) is 2.63. The molecule has 1 aromatic carbocycles. The first-order chi connectivity index (χ1) is 8.06. The molecule has 0 aliphatic carbocycles. The lowest BCUT2D eigenvalue weighted by molar-refractivity contribution is 0.351. The summed E-state index contributed by atoms with van der Waals surface area (Å²) in [6.45, 7) is 5.13. The Morgan fingerprint density at radius 1 is 1.41 bits per heavy atom. The molecule has 3 heteroatoms. The molecule has 17 heavy (non-hydrogen) atoms. The van der Waals surface area contributed by atoms with E-state index in [2.05, 4.69) is 41.9 Å².